The summed E-state index contributed by atoms with van der Waals surface area (Å²) in [5.41, 5.74) is 6.17. The third kappa shape index (κ3) is 3.78. The highest BCUT2D eigenvalue weighted by Gasteiger charge is 2.08. The van der Waals surface area contributed by atoms with Gasteiger partial charge in [-0.15, -0.1) is 0 Å². The Morgan fingerprint density at radius 2 is 2.24 bits per heavy atom. The van der Waals surface area contributed by atoms with Crippen LogP contribution in [0.25, 0.3) is 0 Å². The summed E-state index contributed by atoms with van der Waals surface area (Å²) >= 11 is 0. The number of nitrogens with two attached hydrogens (primary N) is 1. The van der Waals surface area contributed by atoms with E-state index in [2.05, 4.69) is 5.32 Å². The number of nitrogen functional groups attached to an aromatic ring is 1. The van der Waals surface area contributed by atoms with Gasteiger partial charge in [0.1, 0.15) is 11.6 Å². The van der Waals surface area contributed by atoms with Gasteiger partial charge in [0.05, 0.1) is 24.6 Å². The minimum absolute atomic E-state index is 0.268. The summed E-state index contributed by atoms with van der Waals surface area (Å²) in [4.78, 5) is 0. The summed E-state index contributed by atoms with van der Waals surface area (Å²) in [6.45, 7) is 2.40. The SMILES string of the molecule is CCC(O)CCNc1cc(OC)c(N)cc1F. The van der Waals surface area contributed by atoms with Crippen molar-refractivity contribution in [2.45, 2.75) is 25.9 Å². The van der Waals surface area contributed by atoms with Crippen molar-refractivity contribution in [3.8, 4) is 5.75 Å². The molecule has 0 heterocycles. The van der Waals surface area contributed by atoms with Crippen molar-refractivity contribution >= 4 is 11.4 Å². The number of aliphatic hydroxyl groups excluding tert-OH is 1. The summed E-state index contributed by atoms with van der Waals surface area (Å²) in [7, 11) is 1.48. The lowest BCUT2D eigenvalue weighted by atomic mass is 10.2. The molecular weight excluding hydrogens is 223 g/mol. The number of halogens is 1. The van der Waals surface area contributed by atoms with E-state index in [1.807, 2.05) is 6.92 Å². The largest absolute Gasteiger partial charge is 0.495 e. The Hall–Kier alpha value is -1.49. The Kier molecular flexibility index (Phi) is 5.03. The van der Waals surface area contributed by atoms with Gasteiger partial charge in [-0.3, -0.25) is 0 Å². The van der Waals surface area contributed by atoms with Gasteiger partial charge in [-0.2, -0.15) is 0 Å². The second-order valence-electron chi connectivity index (χ2n) is 3.85. The van der Waals surface area contributed by atoms with Crippen molar-refractivity contribution in [3.05, 3.63) is 17.9 Å². The zero-order valence-corrected chi connectivity index (χ0v) is 10.2. The molecule has 1 aromatic rings. The molecular formula is C12H19FN2O2. The van der Waals surface area contributed by atoms with Crippen molar-refractivity contribution in [3.63, 3.8) is 0 Å². The van der Waals surface area contributed by atoms with Crippen LogP contribution in [0.3, 0.4) is 0 Å². The van der Waals surface area contributed by atoms with E-state index in [9.17, 15) is 9.50 Å². The molecule has 0 saturated carbocycles. The lowest BCUT2D eigenvalue weighted by molar-refractivity contribution is 0.164. The van der Waals surface area contributed by atoms with Crippen LogP contribution in [0.2, 0.25) is 0 Å². The first kappa shape index (κ1) is 13.6. The van der Waals surface area contributed by atoms with Gasteiger partial charge in [0.25, 0.3) is 0 Å². The number of ether oxygens (including phenoxy) is 1. The quantitative estimate of drug-likeness (QED) is 0.667. The third-order valence-corrected chi connectivity index (χ3v) is 2.58. The highest BCUT2D eigenvalue weighted by molar-refractivity contribution is 5.62. The van der Waals surface area contributed by atoms with Gasteiger partial charge in [-0.1, -0.05) is 6.92 Å². The van der Waals surface area contributed by atoms with E-state index in [0.29, 0.717) is 30.8 Å². The zero-order chi connectivity index (χ0) is 12.8. The van der Waals surface area contributed by atoms with Crippen LogP contribution >= 0.6 is 0 Å². The summed E-state index contributed by atoms with van der Waals surface area (Å²) in [6.07, 6.45) is 0.902. The maximum Gasteiger partial charge on any atom is 0.148 e. The number of nitrogens with one attached hydrogen (secondary N) is 1. The first-order valence-electron chi connectivity index (χ1n) is 5.63. The fraction of sp³-hybridized carbons (Fsp3) is 0.500. The number of hydrogen-bond acceptors (Lipinski definition) is 4. The lowest BCUT2D eigenvalue weighted by Gasteiger charge is -2.12. The molecule has 0 aliphatic heterocycles. The Bertz CT molecular complexity index is 372. The number of methoxy groups -OCH3 is 1. The van der Waals surface area contributed by atoms with E-state index in [4.69, 9.17) is 10.5 Å². The van der Waals surface area contributed by atoms with E-state index >= 15 is 0 Å². The molecule has 0 spiro atoms. The molecule has 1 unspecified atom stereocenters. The highest BCUT2D eigenvalue weighted by Crippen LogP contribution is 2.28. The van der Waals surface area contributed by atoms with Crippen LogP contribution in [0, 0.1) is 5.82 Å². The summed E-state index contributed by atoms with van der Waals surface area (Å²) in [5, 5.41) is 12.3. The van der Waals surface area contributed by atoms with Gasteiger partial charge >= 0.3 is 0 Å². The Morgan fingerprint density at radius 1 is 1.53 bits per heavy atom. The van der Waals surface area contributed by atoms with Crippen LogP contribution in [0.5, 0.6) is 5.75 Å². The van der Waals surface area contributed by atoms with Crippen LogP contribution in [-0.4, -0.2) is 24.9 Å². The van der Waals surface area contributed by atoms with Gasteiger partial charge in [-0.05, 0) is 12.8 Å². The van der Waals surface area contributed by atoms with Gasteiger partial charge in [0.2, 0.25) is 0 Å². The molecule has 17 heavy (non-hydrogen) atoms. The minimum atomic E-state index is -0.422. The Labute approximate surface area is 101 Å². The maximum atomic E-state index is 13.5. The molecule has 0 aromatic heterocycles. The summed E-state index contributed by atoms with van der Waals surface area (Å²) in [5.74, 6) is 0.0132. The molecule has 1 atom stereocenters. The average molecular weight is 242 g/mol. The molecule has 5 heteroatoms. The first-order chi connectivity index (χ1) is 8.08. The molecule has 4 nitrogen and oxygen atoms in total. The molecule has 4 N–H and O–H groups in total. The van der Waals surface area contributed by atoms with E-state index < -0.39 is 5.82 Å². The van der Waals surface area contributed by atoms with Gasteiger partial charge < -0.3 is 20.9 Å². The van der Waals surface area contributed by atoms with Crippen molar-refractivity contribution in [1.82, 2.24) is 0 Å². The van der Waals surface area contributed by atoms with E-state index in [1.54, 1.807) is 0 Å². The molecule has 0 saturated heterocycles. The van der Waals surface area contributed by atoms with Gasteiger partial charge in [-0.25, -0.2) is 4.39 Å². The predicted octanol–water partition coefficient (Wildman–Crippen LogP) is 1.99. The summed E-state index contributed by atoms with van der Waals surface area (Å²) < 4.78 is 18.5. The normalized spacial score (nSPS) is 12.2. The molecule has 0 radical (unpaired) electrons. The lowest BCUT2D eigenvalue weighted by Crippen LogP contribution is -2.13. The average Bonchev–Trinajstić information content (AvgIpc) is 2.31. The smallest absolute Gasteiger partial charge is 0.148 e. The second kappa shape index (κ2) is 6.30. The topological polar surface area (TPSA) is 67.5 Å². The molecule has 0 aliphatic rings. The van der Waals surface area contributed by atoms with Crippen LogP contribution in [0.1, 0.15) is 19.8 Å². The molecule has 1 rings (SSSR count). The number of hydrogen-bond donors (Lipinski definition) is 3. The standard InChI is InChI=1S/C12H19FN2O2/c1-3-8(16)4-5-15-11-7-12(17-2)10(14)6-9(11)13/h6-8,15-16H,3-5,14H2,1-2H3. The number of benzene rings is 1. The molecule has 0 bridgehead atoms. The molecule has 0 aliphatic carbocycles. The first-order valence-corrected chi connectivity index (χ1v) is 5.63. The van der Waals surface area contributed by atoms with Crippen molar-refractivity contribution < 1.29 is 14.2 Å². The van der Waals surface area contributed by atoms with Crippen LogP contribution < -0.4 is 15.8 Å². The monoisotopic (exact) mass is 242 g/mol. The molecule has 0 amide bonds. The number of rotatable bonds is 6. The van der Waals surface area contributed by atoms with Crippen molar-refractivity contribution in [2.24, 2.45) is 0 Å². The van der Waals surface area contributed by atoms with Crippen LogP contribution in [0.4, 0.5) is 15.8 Å². The molecule has 1 aromatic carbocycles. The number of aliphatic hydroxyl groups is 1. The fourth-order valence-electron chi connectivity index (χ4n) is 1.46. The maximum absolute atomic E-state index is 13.5. The van der Waals surface area contributed by atoms with Crippen LogP contribution in [-0.2, 0) is 0 Å². The van der Waals surface area contributed by atoms with Gasteiger partial charge in [0.15, 0.2) is 0 Å². The summed E-state index contributed by atoms with van der Waals surface area (Å²) in [6, 6.07) is 2.74. The molecule has 96 valence electrons. The highest BCUT2D eigenvalue weighted by atomic mass is 19.1. The third-order valence-electron chi connectivity index (χ3n) is 2.58. The fourth-order valence-corrected chi connectivity index (χ4v) is 1.46. The zero-order valence-electron chi connectivity index (χ0n) is 10.2. The molecule has 0 fully saturated rings. The number of anilines is 2. The van der Waals surface area contributed by atoms with Crippen molar-refractivity contribution in [1.29, 1.82) is 0 Å². The van der Waals surface area contributed by atoms with E-state index in [1.165, 1.54) is 19.2 Å². The predicted molar refractivity (Wildman–Crippen MR) is 66.8 cm³/mol. The second-order valence-corrected chi connectivity index (χ2v) is 3.85. The van der Waals surface area contributed by atoms with Crippen LogP contribution in [0.15, 0.2) is 12.1 Å². The van der Waals surface area contributed by atoms with E-state index in [-0.39, 0.29) is 11.8 Å². The van der Waals surface area contributed by atoms with E-state index in [0.717, 1.165) is 0 Å². The van der Waals surface area contributed by atoms with Gasteiger partial charge in [0, 0.05) is 18.7 Å². The minimum Gasteiger partial charge on any atom is -0.495 e. The Balaban J connectivity index is 2.64. The van der Waals surface area contributed by atoms with Crippen molar-refractivity contribution in [2.75, 3.05) is 24.7 Å². The Morgan fingerprint density at radius 3 is 2.82 bits per heavy atom.